The van der Waals surface area contributed by atoms with Gasteiger partial charge in [-0.05, 0) is 32.7 Å². The molecule has 1 saturated heterocycles. The highest BCUT2D eigenvalue weighted by atomic mass is 16.5. The van der Waals surface area contributed by atoms with Crippen LogP contribution in [0.15, 0.2) is 10.7 Å². The van der Waals surface area contributed by atoms with Crippen LogP contribution < -0.4 is 5.73 Å². The topological polar surface area (TPSA) is 55.3 Å². The van der Waals surface area contributed by atoms with Gasteiger partial charge in [-0.3, -0.25) is 0 Å². The monoisotopic (exact) mass is 223 g/mol. The zero-order valence-corrected chi connectivity index (χ0v) is 10.1. The van der Waals surface area contributed by atoms with E-state index in [-0.39, 0.29) is 0 Å². The van der Waals surface area contributed by atoms with Gasteiger partial charge in [0, 0.05) is 31.1 Å². The van der Waals surface area contributed by atoms with E-state index in [0.29, 0.717) is 18.5 Å². The Kier molecular flexibility index (Phi) is 3.61. The normalized spacial score (nSPS) is 22.1. The average molecular weight is 223 g/mol. The molecule has 2 rings (SSSR count). The smallest absolute Gasteiger partial charge is 0.141 e. The van der Waals surface area contributed by atoms with Gasteiger partial charge >= 0.3 is 0 Å². The van der Waals surface area contributed by atoms with Crippen LogP contribution in [-0.4, -0.2) is 29.2 Å². The molecule has 16 heavy (non-hydrogen) atoms. The van der Waals surface area contributed by atoms with Crippen LogP contribution in [0.4, 0.5) is 0 Å². The predicted octanol–water partition coefficient (Wildman–Crippen LogP) is 1.41. The van der Waals surface area contributed by atoms with Crippen molar-refractivity contribution in [3.8, 4) is 0 Å². The van der Waals surface area contributed by atoms with Crippen LogP contribution >= 0.6 is 0 Å². The Morgan fingerprint density at radius 2 is 2.44 bits per heavy atom. The molecule has 0 aromatic carbocycles. The van der Waals surface area contributed by atoms with Crippen molar-refractivity contribution in [3.05, 3.63) is 17.5 Å². The van der Waals surface area contributed by atoms with Crippen molar-refractivity contribution in [1.29, 1.82) is 0 Å². The maximum Gasteiger partial charge on any atom is 0.141 e. The maximum atomic E-state index is 5.63. The Balaban J connectivity index is 1.92. The number of rotatable bonds is 4. The van der Waals surface area contributed by atoms with Crippen molar-refractivity contribution in [3.63, 3.8) is 0 Å². The first-order valence-electron chi connectivity index (χ1n) is 6.07. The van der Waals surface area contributed by atoms with E-state index in [0.717, 1.165) is 17.7 Å². The molecule has 1 aromatic heterocycles. The molecular weight excluding hydrogens is 202 g/mol. The van der Waals surface area contributed by atoms with Gasteiger partial charge < -0.3 is 15.2 Å². The summed E-state index contributed by atoms with van der Waals surface area (Å²) in [6, 6.07) is 0.647. The number of hydrogen-bond donors (Lipinski definition) is 1. The number of nitrogens with two attached hydrogens (primary N) is 1. The summed E-state index contributed by atoms with van der Waals surface area (Å²) in [6.07, 6.45) is 3.98. The van der Waals surface area contributed by atoms with Crippen molar-refractivity contribution in [2.75, 3.05) is 13.1 Å². The molecule has 0 aliphatic carbocycles. The minimum Gasteiger partial charge on any atom is -0.361 e. The third kappa shape index (κ3) is 2.44. The van der Waals surface area contributed by atoms with Gasteiger partial charge in [-0.1, -0.05) is 5.16 Å². The molecule has 90 valence electrons. The largest absolute Gasteiger partial charge is 0.361 e. The van der Waals surface area contributed by atoms with Crippen molar-refractivity contribution < 1.29 is 4.52 Å². The number of aromatic nitrogens is 1. The van der Waals surface area contributed by atoms with Crippen LogP contribution in [0.5, 0.6) is 0 Å². The van der Waals surface area contributed by atoms with Crippen LogP contribution in [0, 0.1) is 5.92 Å². The Morgan fingerprint density at radius 1 is 1.62 bits per heavy atom. The van der Waals surface area contributed by atoms with E-state index in [2.05, 4.69) is 23.9 Å². The zero-order chi connectivity index (χ0) is 11.5. The second-order valence-electron chi connectivity index (χ2n) is 4.93. The van der Waals surface area contributed by atoms with Gasteiger partial charge in [0.15, 0.2) is 0 Å². The standard InChI is InChI=1S/C12H21N3O/c1-9(2)15-4-3-10(8-15)5-12-11(6-13)7-14-16-12/h7,9-10H,3-6,8,13H2,1-2H3. The molecule has 0 saturated carbocycles. The molecule has 1 fully saturated rings. The van der Waals surface area contributed by atoms with E-state index in [4.69, 9.17) is 10.3 Å². The maximum absolute atomic E-state index is 5.63. The number of hydrogen-bond acceptors (Lipinski definition) is 4. The van der Waals surface area contributed by atoms with Gasteiger partial charge in [0.05, 0.1) is 6.20 Å². The first-order chi connectivity index (χ1) is 7.70. The van der Waals surface area contributed by atoms with E-state index in [1.54, 1.807) is 6.20 Å². The van der Waals surface area contributed by atoms with Gasteiger partial charge in [-0.25, -0.2) is 0 Å². The highest BCUT2D eigenvalue weighted by Gasteiger charge is 2.25. The van der Waals surface area contributed by atoms with Gasteiger partial charge in [-0.2, -0.15) is 0 Å². The van der Waals surface area contributed by atoms with Gasteiger partial charge in [-0.15, -0.1) is 0 Å². The minimum absolute atomic E-state index is 0.527. The molecule has 0 spiro atoms. The Bertz CT molecular complexity index is 335. The summed E-state index contributed by atoms with van der Waals surface area (Å²) in [5.41, 5.74) is 6.69. The van der Waals surface area contributed by atoms with Gasteiger partial charge in [0.1, 0.15) is 5.76 Å². The molecule has 1 aromatic rings. The molecule has 1 aliphatic heterocycles. The summed E-state index contributed by atoms with van der Waals surface area (Å²) in [5, 5.41) is 3.82. The Hall–Kier alpha value is -0.870. The zero-order valence-electron chi connectivity index (χ0n) is 10.1. The van der Waals surface area contributed by atoms with Crippen LogP contribution in [0.3, 0.4) is 0 Å². The van der Waals surface area contributed by atoms with Crippen LogP contribution in [0.1, 0.15) is 31.6 Å². The SMILES string of the molecule is CC(C)N1CCC(Cc2oncc2CN)C1. The average Bonchev–Trinajstić information content (AvgIpc) is 2.87. The van der Waals surface area contributed by atoms with Gasteiger partial charge in [0.25, 0.3) is 0 Å². The molecule has 0 amide bonds. The third-order valence-electron chi connectivity index (χ3n) is 3.47. The highest BCUT2D eigenvalue weighted by molar-refractivity contribution is 5.13. The summed E-state index contributed by atoms with van der Waals surface area (Å²) in [4.78, 5) is 2.52. The molecule has 1 unspecified atom stereocenters. The molecule has 0 radical (unpaired) electrons. The minimum atomic E-state index is 0.527. The van der Waals surface area contributed by atoms with Crippen molar-refractivity contribution >= 4 is 0 Å². The van der Waals surface area contributed by atoms with Crippen molar-refractivity contribution in [1.82, 2.24) is 10.1 Å². The second-order valence-corrected chi connectivity index (χ2v) is 4.93. The summed E-state index contributed by atoms with van der Waals surface area (Å²) in [6.45, 7) is 7.40. The third-order valence-corrected chi connectivity index (χ3v) is 3.47. The summed E-state index contributed by atoms with van der Waals surface area (Å²) >= 11 is 0. The fourth-order valence-electron chi connectivity index (χ4n) is 2.38. The second kappa shape index (κ2) is 4.97. The number of likely N-dealkylation sites (tertiary alicyclic amines) is 1. The van der Waals surface area contributed by atoms with Crippen LogP contribution in [-0.2, 0) is 13.0 Å². The molecule has 4 nitrogen and oxygen atoms in total. The lowest BCUT2D eigenvalue weighted by Gasteiger charge is -2.19. The molecule has 1 aliphatic rings. The van der Waals surface area contributed by atoms with E-state index in [9.17, 15) is 0 Å². The molecule has 4 heteroatoms. The van der Waals surface area contributed by atoms with Crippen LogP contribution in [0.25, 0.3) is 0 Å². The molecule has 0 bridgehead atoms. The first kappa shape index (κ1) is 11.6. The van der Waals surface area contributed by atoms with E-state index < -0.39 is 0 Å². The Labute approximate surface area is 96.8 Å². The molecular formula is C12H21N3O. The lowest BCUT2D eigenvalue weighted by molar-refractivity contribution is 0.261. The first-order valence-corrected chi connectivity index (χ1v) is 6.07. The molecule has 2 heterocycles. The highest BCUT2D eigenvalue weighted by Crippen LogP contribution is 2.23. The van der Waals surface area contributed by atoms with E-state index in [1.165, 1.54) is 19.5 Å². The Morgan fingerprint density at radius 3 is 3.06 bits per heavy atom. The summed E-state index contributed by atoms with van der Waals surface area (Å²) in [5.74, 6) is 1.68. The van der Waals surface area contributed by atoms with Crippen LogP contribution in [0.2, 0.25) is 0 Å². The summed E-state index contributed by atoms with van der Waals surface area (Å²) < 4.78 is 5.26. The lowest BCUT2D eigenvalue weighted by atomic mass is 10.0. The summed E-state index contributed by atoms with van der Waals surface area (Å²) in [7, 11) is 0. The fraction of sp³-hybridized carbons (Fsp3) is 0.750. The number of nitrogens with zero attached hydrogens (tertiary/aromatic N) is 2. The lowest BCUT2D eigenvalue weighted by Crippen LogP contribution is -2.28. The van der Waals surface area contributed by atoms with Gasteiger partial charge in [0.2, 0.25) is 0 Å². The molecule has 2 N–H and O–H groups in total. The fourth-order valence-corrected chi connectivity index (χ4v) is 2.38. The van der Waals surface area contributed by atoms with E-state index >= 15 is 0 Å². The predicted molar refractivity (Wildman–Crippen MR) is 62.9 cm³/mol. The quantitative estimate of drug-likeness (QED) is 0.838. The molecule has 1 atom stereocenters. The van der Waals surface area contributed by atoms with Crippen molar-refractivity contribution in [2.24, 2.45) is 11.7 Å². The van der Waals surface area contributed by atoms with E-state index in [1.807, 2.05) is 0 Å². The van der Waals surface area contributed by atoms with Crippen molar-refractivity contribution in [2.45, 2.75) is 39.3 Å².